The second-order valence-corrected chi connectivity index (χ2v) is 8.58. The van der Waals surface area contributed by atoms with Gasteiger partial charge in [0.2, 0.25) is 0 Å². The molecule has 1 fully saturated rings. The maximum Gasteiger partial charge on any atom is 0.275 e. The van der Waals surface area contributed by atoms with Gasteiger partial charge in [-0.2, -0.15) is 0 Å². The Kier molecular flexibility index (Phi) is 6.48. The van der Waals surface area contributed by atoms with Crippen LogP contribution < -0.4 is 10.2 Å². The molecular formula is C18H19BrN2O5S. The highest BCUT2D eigenvalue weighted by Gasteiger charge is 2.18. The summed E-state index contributed by atoms with van der Waals surface area (Å²) < 4.78 is 33.5. The van der Waals surface area contributed by atoms with Crippen LogP contribution in [-0.2, 0) is 19.6 Å². The first-order valence-electron chi connectivity index (χ1n) is 8.40. The number of hydrogen-bond donors (Lipinski definition) is 2. The van der Waals surface area contributed by atoms with E-state index in [-0.39, 0.29) is 16.1 Å². The number of ether oxygens (including phenoxy) is 1. The van der Waals surface area contributed by atoms with E-state index >= 15 is 0 Å². The van der Waals surface area contributed by atoms with Crippen LogP contribution in [0.25, 0.3) is 0 Å². The molecule has 2 N–H and O–H groups in total. The van der Waals surface area contributed by atoms with Crippen LogP contribution >= 0.6 is 15.9 Å². The predicted molar refractivity (Wildman–Crippen MR) is 104 cm³/mol. The molecule has 0 aliphatic carbocycles. The van der Waals surface area contributed by atoms with Crippen LogP contribution in [0.5, 0.6) is 0 Å². The predicted octanol–water partition coefficient (Wildman–Crippen LogP) is 3.44. The molecule has 1 saturated heterocycles. The van der Waals surface area contributed by atoms with Crippen molar-refractivity contribution in [3.05, 3.63) is 58.6 Å². The number of carbonyl (C=O) groups excluding carboxylic acids is 1. The van der Waals surface area contributed by atoms with Crippen LogP contribution in [0.3, 0.4) is 0 Å². The van der Waals surface area contributed by atoms with Crippen molar-refractivity contribution in [1.29, 1.82) is 0 Å². The van der Waals surface area contributed by atoms with E-state index in [0.717, 1.165) is 17.3 Å². The van der Waals surface area contributed by atoms with Crippen LogP contribution in [0.1, 0.15) is 29.6 Å². The van der Waals surface area contributed by atoms with Gasteiger partial charge in [-0.1, -0.05) is 22.0 Å². The number of nitrogens with one attached hydrogen (secondary N) is 2. The van der Waals surface area contributed by atoms with Gasteiger partial charge >= 0.3 is 0 Å². The van der Waals surface area contributed by atoms with Crippen LogP contribution in [-0.4, -0.2) is 27.2 Å². The van der Waals surface area contributed by atoms with Crippen LogP contribution in [0.2, 0.25) is 0 Å². The van der Waals surface area contributed by atoms with E-state index in [0.29, 0.717) is 13.0 Å². The molecule has 1 amide bonds. The van der Waals surface area contributed by atoms with Gasteiger partial charge < -0.3 is 4.74 Å². The first-order valence-corrected chi connectivity index (χ1v) is 10.7. The number of amides is 1. The number of hydroxylamine groups is 1. The lowest BCUT2D eigenvalue weighted by Crippen LogP contribution is -2.33. The number of sulfonamides is 1. The van der Waals surface area contributed by atoms with Gasteiger partial charge in [-0.15, -0.1) is 0 Å². The Morgan fingerprint density at radius 2 is 1.93 bits per heavy atom. The molecule has 144 valence electrons. The summed E-state index contributed by atoms with van der Waals surface area (Å²) in [4.78, 5) is 17.6. The van der Waals surface area contributed by atoms with Crippen LogP contribution in [0.15, 0.2) is 57.9 Å². The van der Waals surface area contributed by atoms with E-state index in [2.05, 4.69) is 26.1 Å². The zero-order chi connectivity index (χ0) is 19.3. The van der Waals surface area contributed by atoms with Crippen molar-refractivity contribution in [3.8, 4) is 0 Å². The van der Waals surface area contributed by atoms with Crippen molar-refractivity contribution in [2.45, 2.75) is 30.4 Å². The first-order chi connectivity index (χ1) is 12.9. The quantitative estimate of drug-likeness (QED) is 0.651. The molecule has 3 rings (SSSR count). The molecule has 9 heteroatoms. The van der Waals surface area contributed by atoms with Gasteiger partial charge in [-0.05, 0) is 55.3 Å². The van der Waals surface area contributed by atoms with Crippen molar-refractivity contribution < 1.29 is 22.8 Å². The minimum Gasteiger partial charge on any atom is -0.350 e. The summed E-state index contributed by atoms with van der Waals surface area (Å²) in [5.74, 6) is -0.478. The summed E-state index contributed by atoms with van der Waals surface area (Å²) in [5, 5.41) is 0. The minimum atomic E-state index is -3.76. The summed E-state index contributed by atoms with van der Waals surface area (Å²) in [6.45, 7) is 0.605. The zero-order valence-electron chi connectivity index (χ0n) is 14.4. The molecule has 1 aliphatic rings. The number of carbonyl (C=O) groups is 1. The Bertz CT molecular complexity index is 896. The fraction of sp³-hybridized carbons (Fsp3) is 0.278. The lowest BCUT2D eigenvalue weighted by Gasteiger charge is -2.22. The van der Waals surface area contributed by atoms with E-state index in [4.69, 9.17) is 9.57 Å². The van der Waals surface area contributed by atoms with E-state index in [1.54, 1.807) is 30.3 Å². The molecule has 0 bridgehead atoms. The van der Waals surface area contributed by atoms with Crippen LogP contribution in [0.4, 0.5) is 5.69 Å². The minimum absolute atomic E-state index is 0.123. The van der Waals surface area contributed by atoms with E-state index in [9.17, 15) is 13.2 Å². The van der Waals surface area contributed by atoms with Crippen molar-refractivity contribution >= 4 is 37.5 Å². The third-order valence-electron chi connectivity index (χ3n) is 3.92. The molecule has 0 saturated carbocycles. The summed E-state index contributed by atoms with van der Waals surface area (Å²) in [7, 11) is -3.76. The highest BCUT2D eigenvalue weighted by atomic mass is 79.9. The average molecular weight is 455 g/mol. The van der Waals surface area contributed by atoms with Gasteiger partial charge in [-0.25, -0.2) is 18.7 Å². The third kappa shape index (κ3) is 5.52. The van der Waals surface area contributed by atoms with Crippen LogP contribution in [0, 0.1) is 0 Å². The van der Waals surface area contributed by atoms with Gasteiger partial charge in [0.25, 0.3) is 15.9 Å². The lowest BCUT2D eigenvalue weighted by atomic mass is 10.2. The first kappa shape index (κ1) is 19.8. The number of rotatable bonds is 6. The largest absolute Gasteiger partial charge is 0.350 e. The van der Waals surface area contributed by atoms with E-state index in [1.165, 1.54) is 18.2 Å². The molecule has 1 heterocycles. The molecular weight excluding hydrogens is 436 g/mol. The van der Waals surface area contributed by atoms with Crippen molar-refractivity contribution in [3.63, 3.8) is 0 Å². The normalized spacial score (nSPS) is 17.3. The molecule has 0 aromatic heterocycles. The Balaban J connectivity index is 1.65. The topological polar surface area (TPSA) is 93.7 Å². The molecule has 1 aliphatic heterocycles. The summed E-state index contributed by atoms with van der Waals surface area (Å²) >= 11 is 3.27. The fourth-order valence-electron chi connectivity index (χ4n) is 2.53. The Labute approximate surface area is 166 Å². The van der Waals surface area contributed by atoms with E-state index in [1.807, 2.05) is 0 Å². The molecule has 1 atom stereocenters. The Hall–Kier alpha value is -1.94. The maximum atomic E-state index is 12.5. The third-order valence-corrected chi connectivity index (χ3v) is 5.85. The summed E-state index contributed by atoms with van der Waals surface area (Å²) in [5.41, 5.74) is 2.89. The highest BCUT2D eigenvalue weighted by Crippen LogP contribution is 2.19. The average Bonchev–Trinajstić information content (AvgIpc) is 2.67. The highest BCUT2D eigenvalue weighted by molar-refractivity contribution is 9.10. The Morgan fingerprint density at radius 3 is 2.63 bits per heavy atom. The fourth-order valence-corrected chi connectivity index (χ4v) is 3.85. The van der Waals surface area contributed by atoms with Crippen molar-refractivity contribution in [1.82, 2.24) is 5.48 Å². The second kappa shape index (κ2) is 8.83. The van der Waals surface area contributed by atoms with Gasteiger partial charge in [0.05, 0.1) is 4.90 Å². The number of halogens is 1. The zero-order valence-corrected chi connectivity index (χ0v) is 16.8. The molecule has 2 aromatic carbocycles. The van der Waals surface area contributed by atoms with Gasteiger partial charge in [0.1, 0.15) is 0 Å². The molecule has 2 aromatic rings. The smallest absolute Gasteiger partial charge is 0.275 e. The monoisotopic (exact) mass is 454 g/mol. The number of hydrogen-bond acceptors (Lipinski definition) is 5. The molecule has 1 unspecified atom stereocenters. The van der Waals surface area contributed by atoms with Crippen molar-refractivity contribution in [2.75, 3.05) is 11.3 Å². The van der Waals surface area contributed by atoms with Gasteiger partial charge in [0, 0.05) is 28.8 Å². The van der Waals surface area contributed by atoms with Gasteiger partial charge in [-0.3, -0.25) is 9.52 Å². The second-order valence-electron chi connectivity index (χ2n) is 5.99. The number of anilines is 1. The molecule has 0 spiro atoms. The standard InChI is InChI=1S/C18H19BrN2O5S/c19-14-7-9-16(10-8-14)27(23,24)21-15-5-3-4-13(12-15)18(22)20-26-17-6-1-2-11-25-17/h3-5,7-10,12,17,21H,1-2,6,11H2,(H,20,22). The summed E-state index contributed by atoms with van der Waals surface area (Å²) in [6.07, 6.45) is 2.22. The Morgan fingerprint density at radius 1 is 1.15 bits per heavy atom. The SMILES string of the molecule is O=C(NOC1CCCCO1)c1cccc(NS(=O)(=O)c2ccc(Br)cc2)c1. The maximum absolute atomic E-state index is 12.5. The molecule has 7 nitrogen and oxygen atoms in total. The molecule has 27 heavy (non-hydrogen) atoms. The van der Waals surface area contributed by atoms with Crippen molar-refractivity contribution in [2.24, 2.45) is 0 Å². The van der Waals surface area contributed by atoms with E-state index < -0.39 is 22.2 Å². The summed E-state index contributed by atoms with van der Waals surface area (Å²) in [6, 6.07) is 12.4. The lowest BCUT2D eigenvalue weighted by molar-refractivity contribution is -0.186. The van der Waals surface area contributed by atoms with Gasteiger partial charge in [0.15, 0.2) is 6.29 Å². The number of benzene rings is 2. The molecule has 0 radical (unpaired) electrons.